The molecule has 0 radical (unpaired) electrons. The number of aryl methyl sites for hydroxylation is 1. The third-order valence-electron chi connectivity index (χ3n) is 5.02. The van der Waals surface area contributed by atoms with Crippen LogP contribution in [-0.2, 0) is 12.6 Å². The van der Waals surface area contributed by atoms with E-state index in [-0.39, 0.29) is 35.0 Å². The van der Waals surface area contributed by atoms with Gasteiger partial charge in [-0.05, 0) is 49.3 Å². The number of hydrogen-bond donors (Lipinski definition) is 1. The summed E-state index contributed by atoms with van der Waals surface area (Å²) in [5.74, 6) is -0.968. The maximum atomic E-state index is 13.6. The van der Waals surface area contributed by atoms with E-state index in [1.807, 2.05) is 6.92 Å². The Balaban J connectivity index is 2.07. The fourth-order valence-corrected chi connectivity index (χ4v) is 5.12. The Kier molecular flexibility index (Phi) is 3.98. The average Bonchev–Trinajstić information content (AvgIpc) is 2.95. The number of halogens is 3. The van der Waals surface area contributed by atoms with Crippen molar-refractivity contribution < 1.29 is 18.3 Å². The molecule has 2 heterocycles. The lowest BCUT2D eigenvalue weighted by molar-refractivity contribution is -0.146. The smallest absolute Gasteiger partial charge is 0.450 e. The van der Waals surface area contributed by atoms with Gasteiger partial charge in [-0.15, -0.1) is 11.3 Å². The summed E-state index contributed by atoms with van der Waals surface area (Å²) in [6, 6.07) is 0. The van der Waals surface area contributed by atoms with Gasteiger partial charge in [0, 0.05) is 17.0 Å². The molecule has 138 valence electrons. The summed E-state index contributed by atoms with van der Waals surface area (Å²) < 4.78 is 41.6. The van der Waals surface area contributed by atoms with Crippen LogP contribution in [0.3, 0.4) is 0 Å². The molecule has 0 saturated heterocycles. The van der Waals surface area contributed by atoms with Crippen molar-refractivity contribution in [1.29, 1.82) is 0 Å². The first kappa shape index (κ1) is 17.3. The number of aliphatic hydroxyl groups is 1. The fraction of sp³-hybridized carbons (Fsp3) is 0.444. The van der Waals surface area contributed by atoms with Crippen molar-refractivity contribution in [3.63, 3.8) is 0 Å². The summed E-state index contributed by atoms with van der Waals surface area (Å²) in [7, 11) is 0. The molecule has 2 aliphatic carbocycles. The van der Waals surface area contributed by atoms with Gasteiger partial charge in [-0.1, -0.05) is 6.92 Å². The molecule has 1 N–H and O–H groups in total. The molecule has 2 aromatic heterocycles. The van der Waals surface area contributed by atoms with E-state index < -0.39 is 17.6 Å². The lowest BCUT2D eigenvalue weighted by Gasteiger charge is -2.21. The predicted octanol–water partition coefficient (Wildman–Crippen LogP) is 4.99. The minimum atomic E-state index is -4.74. The molecule has 0 fully saturated rings. The van der Waals surface area contributed by atoms with Crippen LogP contribution in [0.1, 0.15) is 54.8 Å². The largest absolute Gasteiger partial charge is 0.512 e. The number of hydrogen-bond acceptors (Lipinski definition) is 4. The molecule has 0 saturated carbocycles. The van der Waals surface area contributed by atoms with E-state index in [1.54, 1.807) is 0 Å². The van der Waals surface area contributed by atoms with Crippen LogP contribution in [-0.4, -0.2) is 14.7 Å². The van der Waals surface area contributed by atoms with Crippen molar-refractivity contribution in [3.8, 4) is 0 Å². The number of rotatable bonds is 1. The number of thiophene rings is 1. The van der Waals surface area contributed by atoms with Crippen LogP contribution in [0.4, 0.5) is 13.2 Å². The first-order valence-corrected chi connectivity index (χ1v) is 9.33. The molecule has 4 rings (SSSR count). The number of aromatic nitrogens is 2. The molecule has 1 atom stereocenters. The Bertz CT molecular complexity index is 1010. The van der Waals surface area contributed by atoms with Gasteiger partial charge in [0.15, 0.2) is 0 Å². The molecule has 26 heavy (non-hydrogen) atoms. The van der Waals surface area contributed by atoms with E-state index in [0.29, 0.717) is 9.95 Å². The van der Waals surface area contributed by atoms with Crippen LogP contribution in [0.15, 0.2) is 22.7 Å². The highest BCUT2D eigenvalue weighted by Crippen LogP contribution is 2.41. The lowest BCUT2D eigenvalue weighted by Crippen LogP contribution is -2.30. The van der Waals surface area contributed by atoms with E-state index in [1.165, 1.54) is 23.5 Å². The summed E-state index contributed by atoms with van der Waals surface area (Å²) in [6.07, 6.45) is 0.974. The zero-order chi connectivity index (χ0) is 18.6. The lowest BCUT2D eigenvalue weighted by atomic mass is 9.87. The first-order valence-electron chi connectivity index (χ1n) is 8.52. The highest BCUT2D eigenvalue weighted by molar-refractivity contribution is 7.18. The molecule has 8 heteroatoms. The maximum absolute atomic E-state index is 13.6. The van der Waals surface area contributed by atoms with Gasteiger partial charge in [0.25, 0.3) is 5.56 Å². The Morgan fingerprint density at radius 1 is 1.27 bits per heavy atom. The minimum absolute atomic E-state index is 0.0888. The van der Waals surface area contributed by atoms with Crippen molar-refractivity contribution in [2.24, 2.45) is 0 Å². The van der Waals surface area contributed by atoms with Crippen molar-refractivity contribution in [3.05, 3.63) is 44.5 Å². The van der Waals surface area contributed by atoms with Gasteiger partial charge in [0.2, 0.25) is 5.82 Å². The molecule has 0 bridgehead atoms. The minimum Gasteiger partial charge on any atom is -0.512 e. The Morgan fingerprint density at radius 3 is 2.69 bits per heavy atom. The molecule has 0 spiro atoms. The van der Waals surface area contributed by atoms with E-state index in [9.17, 15) is 23.1 Å². The number of nitrogens with zero attached hydrogens (tertiary/aromatic N) is 2. The van der Waals surface area contributed by atoms with Gasteiger partial charge in [-0.25, -0.2) is 4.98 Å². The molecular weight excluding hydrogens is 365 g/mol. The van der Waals surface area contributed by atoms with Crippen LogP contribution in [0.25, 0.3) is 15.9 Å². The standard InChI is InChI=1S/C18H17F3N2O2S/c1-9-3-2-4-12-13(9)14-15(26-12)22-17(18(19,20)21)23(16(14)25)10-5-7-11(24)8-6-10/h5,7,9,24H,2-4,6,8H2,1H3. The Labute approximate surface area is 151 Å². The van der Waals surface area contributed by atoms with E-state index >= 15 is 0 Å². The number of allylic oxidation sites excluding steroid dienone is 4. The number of fused-ring (bicyclic) bond motifs is 3. The topological polar surface area (TPSA) is 55.1 Å². The summed E-state index contributed by atoms with van der Waals surface area (Å²) in [4.78, 5) is 18.2. The van der Waals surface area contributed by atoms with Crippen molar-refractivity contribution >= 4 is 27.3 Å². The molecule has 0 aliphatic heterocycles. The van der Waals surface area contributed by atoms with Gasteiger partial charge in [-0.3, -0.25) is 9.36 Å². The SMILES string of the molecule is CC1CCCc2sc3nc(C(F)(F)F)n(C4=CC=C(O)CC4)c(=O)c3c21. The van der Waals surface area contributed by atoms with Crippen LogP contribution < -0.4 is 5.56 Å². The third-order valence-corrected chi connectivity index (χ3v) is 6.18. The van der Waals surface area contributed by atoms with Crippen molar-refractivity contribution in [2.45, 2.75) is 51.1 Å². The Hall–Kier alpha value is -2.09. The monoisotopic (exact) mass is 382 g/mol. The normalized spacial score (nSPS) is 20.7. The molecular formula is C18H17F3N2O2S. The second kappa shape index (κ2) is 5.97. The van der Waals surface area contributed by atoms with Crippen LogP contribution >= 0.6 is 11.3 Å². The maximum Gasteiger partial charge on any atom is 0.450 e. The molecule has 1 unspecified atom stereocenters. The third kappa shape index (κ3) is 2.67. The van der Waals surface area contributed by atoms with Gasteiger partial charge in [0.05, 0.1) is 11.1 Å². The van der Waals surface area contributed by atoms with Gasteiger partial charge >= 0.3 is 6.18 Å². The summed E-state index contributed by atoms with van der Waals surface area (Å²) in [5.41, 5.74) is 0.415. The summed E-state index contributed by atoms with van der Waals surface area (Å²) in [6.45, 7) is 2.01. The van der Waals surface area contributed by atoms with Gasteiger partial charge < -0.3 is 5.11 Å². The fourth-order valence-electron chi connectivity index (χ4n) is 3.80. The molecule has 0 amide bonds. The predicted molar refractivity (Wildman–Crippen MR) is 94.5 cm³/mol. The average molecular weight is 382 g/mol. The van der Waals surface area contributed by atoms with E-state index in [0.717, 1.165) is 29.7 Å². The second-order valence-corrected chi connectivity index (χ2v) is 7.89. The second-order valence-electron chi connectivity index (χ2n) is 6.80. The van der Waals surface area contributed by atoms with Crippen molar-refractivity contribution in [1.82, 2.24) is 9.55 Å². The quantitative estimate of drug-likeness (QED) is 0.756. The van der Waals surface area contributed by atoms with Gasteiger partial charge in [0.1, 0.15) is 4.83 Å². The zero-order valence-corrected chi connectivity index (χ0v) is 14.9. The van der Waals surface area contributed by atoms with Crippen LogP contribution in [0, 0.1) is 0 Å². The van der Waals surface area contributed by atoms with E-state index in [2.05, 4.69) is 4.98 Å². The number of alkyl halides is 3. The molecule has 0 aromatic carbocycles. The highest BCUT2D eigenvalue weighted by Gasteiger charge is 2.39. The summed E-state index contributed by atoms with van der Waals surface area (Å²) >= 11 is 1.21. The van der Waals surface area contributed by atoms with Crippen LogP contribution in [0.5, 0.6) is 0 Å². The molecule has 2 aromatic rings. The van der Waals surface area contributed by atoms with Gasteiger partial charge in [-0.2, -0.15) is 13.2 Å². The molecule has 2 aliphatic rings. The zero-order valence-electron chi connectivity index (χ0n) is 14.1. The summed E-state index contributed by atoms with van der Waals surface area (Å²) in [5, 5.41) is 9.82. The van der Waals surface area contributed by atoms with E-state index in [4.69, 9.17) is 0 Å². The number of aliphatic hydroxyl groups excluding tert-OH is 1. The van der Waals surface area contributed by atoms with Crippen LogP contribution in [0.2, 0.25) is 0 Å². The van der Waals surface area contributed by atoms with Crippen molar-refractivity contribution in [2.75, 3.05) is 0 Å². The first-order chi connectivity index (χ1) is 12.3. The molecule has 4 nitrogen and oxygen atoms in total. The Morgan fingerprint density at radius 2 is 2.04 bits per heavy atom. The highest BCUT2D eigenvalue weighted by atomic mass is 32.1.